The average Bonchev–Trinajstić information content (AvgIpc) is 2.62. The molecule has 0 aliphatic heterocycles. The molecule has 1 heteroatoms. The molecular weight excluding hydrogens is 160 g/mol. The number of carbonyl (C=O) groups excluding carboxylic acids is 1. The molecule has 0 saturated heterocycles. The number of hydrogen-bond acceptors (Lipinski definition) is 1. The van der Waals surface area contributed by atoms with E-state index in [1.807, 2.05) is 0 Å². The molecule has 0 aromatic rings. The van der Waals surface area contributed by atoms with Gasteiger partial charge in [-0.1, -0.05) is 24.5 Å². The van der Waals surface area contributed by atoms with Crippen LogP contribution in [-0.4, -0.2) is 5.78 Å². The predicted octanol–water partition coefficient (Wildman–Crippen LogP) is 3.25. The lowest BCUT2D eigenvalue weighted by molar-refractivity contribution is -0.119. The summed E-state index contributed by atoms with van der Waals surface area (Å²) in [4.78, 5) is 11.0. The van der Waals surface area contributed by atoms with E-state index >= 15 is 0 Å². The molecule has 2 aliphatic carbocycles. The zero-order chi connectivity index (χ0) is 9.10. The van der Waals surface area contributed by atoms with Gasteiger partial charge in [0.05, 0.1) is 0 Å². The predicted molar refractivity (Wildman–Crippen MR) is 53.5 cm³/mol. The zero-order valence-electron chi connectivity index (χ0n) is 8.22. The number of allylic oxidation sites excluding steroid dienone is 2. The zero-order valence-corrected chi connectivity index (χ0v) is 8.22. The highest BCUT2D eigenvalue weighted by atomic mass is 16.1. The molecule has 0 amide bonds. The third-order valence-electron chi connectivity index (χ3n) is 3.32. The SMILES string of the molecule is O=C1CCC(=CC2CCCC2)CC1. The van der Waals surface area contributed by atoms with Crippen LogP contribution < -0.4 is 0 Å². The van der Waals surface area contributed by atoms with Crippen LogP contribution >= 0.6 is 0 Å². The Labute approximate surface area is 80.2 Å². The van der Waals surface area contributed by atoms with Gasteiger partial charge in [-0.3, -0.25) is 4.79 Å². The van der Waals surface area contributed by atoms with Gasteiger partial charge in [0.15, 0.2) is 0 Å². The standard InChI is InChI=1S/C12H18O/c13-12-7-5-11(6-8-12)9-10-3-1-2-4-10/h9-10H,1-8H2. The van der Waals surface area contributed by atoms with Crippen LogP contribution in [0, 0.1) is 5.92 Å². The lowest BCUT2D eigenvalue weighted by Crippen LogP contribution is -2.07. The van der Waals surface area contributed by atoms with Crippen LogP contribution in [0.1, 0.15) is 51.4 Å². The number of rotatable bonds is 1. The molecule has 0 atom stereocenters. The third kappa shape index (κ3) is 2.43. The van der Waals surface area contributed by atoms with Crippen molar-refractivity contribution in [2.24, 2.45) is 5.92 Å². The summed E-state index contributed by atoms with van der Waals surface area (Å²) in [5.41, 5.74) is 1.56. The van der Waals surface area contributed by atoms with Crippen molar-refractivity contribution in [1.82, 2.24) is 0 Å². The van der Waals surface area contributed by atoms with E-state index in [9.17, 15) is 4.79 Å². The smallest absolute Gasteiger partial charge is 0.133 e. The molecule has 0 unspecified atom stereocenters. The Morgan fingerprint density at radius 2 is 1.62 bits per heavy atom. The van der Waals surface area contributed by atoms with Crippen LogP contribution in [0.5, 0.6) is 0 Å². The molecule has 2 fully saturated rings. The highest BCUT2D eigenvalue weighted by molar-refractivity contribution is 5.80. The number of ketones is 1. The lowest BCUT2D eigenvalue weighted by Gasteiger charge is -2.14. The Bertz CT molecular complexity index is 209. The third-order valence-corrected chi connectivity index (χ3v) is 3.32. The van der Waals surface area contributed by atoms with E-state index in [-0.39, 0.29) is 0 Å². The van der Waals surface area contributed by atoms with Gasteiger partial charge >= 0.3 is 0 Å². The van der Waals surface area contributed by atoms with Gasteiger partial charge in [-0.25, -0.2) is 0 Å². The van der Waals surface area contributed by atoms with E-state index < -0.39 is 0 Å². The monoisotopic (exact) mass is 178 g/mol. The second-order valence-corrected chi connectivity index (χ2v) is 4.41. The summed E-state index contributed by atoms with van der Waals surface area (Å²) < 4.78 is 0. The first-order chi connectivity index (χ1) is 6.34. The van der Waals surface area contributed by atoms with Gasteiger partial charge in [-0.15, -0.1) is 0 Å². The summed E-state index contributed by atoms with van der Waals surface area (Å²) >= 11 is 0. The van der Waals surface area contributed by atoms with Crippen LogP contribution in [0.4, 0.5) is 0 Å². The first-order valence-corrected chi connectivity index (χ1v) is 5.56. The maximum Gasteiger partial charge on any atom is 0.133 e. The topological polar surface area (TPSA) is 17.1 Å². The maximum atomic E-state index is 11.0. The number of carbonyl (C=O) groups is 1. The van der Waals surface area contributed by atoms with Crippen LogP contribution in [0.15, 0.2) is 11.6 Å². The normalized spacial score (nSPS) is 25.2. The van der Waals surface area contributed by atoms with Crippen molar-refractivity contribution < 1.29 is 4.79 Å². The molecule has 0 bridgehead atoms. The van der Waals surface area contributed by atoms with Gasteiger partial charge in [-0.05, 0) is 31.6 Å². The summed E-state index contributed by atoms with van der Waals surface area (Å²) in [6.07, 6.45) is 11.8. The lowest BCUT2D eigenvalue weighted by atomic mass is 9.91. The minimum Gasteiger partial charge on any atom is -0.300 e. The van der Waals surface area contributed by atoms with Crippen molar-refractivity contribution in [3.63, 3.8) is 0 Å². The van der Waals surface area contributed by atoms with E-state index in [0.717, 1.165) is 31.6 Å². The summed E-state index contributed by atoms with van der Waals surface area (Å²) in [6, 6.07) is 0. The van der Waals surface area contributed by atoms with Gasteiger partial charge in [0, 0.05) is 12.8 Å². The highest BCUT2D eigenvalue weighted by Crippen LogP contribution is 2.30. The summed E-state index contributed by atoms with van der Waals surface area (Å²) in [5, 5.41) is 0. The van der Waals surface area contributed by atoms with E-state index in [4.69, 9.17) is 0 Å². The van der Waals surface area contributed by atoms with E-state index in [0.29, 0.717) is 5.78 Å². The van der Waals surface area contributed by atoms with E-state index in [1.54, 1.807) is 5.57 Å². The molecule has 0 aromatic carbocycles. The van der Waals surface area contributed by atoms with E-state index in [1.165, 1.54) is 25.7 Å². The van der Waals surface area contributed by atoms with Gasteiger partial charge in [-0.2, -0.15) is 0 Å². The summed E-state index contributed by atoms with van der Waals surface area (Å²) in [5.74, 6) is 1.31. The molecule has 13 heavy (non-hydrogen) atoms. The van der Waals surface area contributed by atoms with Crippen molar-refractivity contribution in [2.45, 2.75) is 51.4 Å². The Balaban J connectivity index is 1.88. The molecule has 0 radical (unpaired) electrons. The molecular formula is C12H18O. The summed E-state index contributed by atoms with van der Waals surface area (Å²) in [6.45, 7) is 0. The average molecular weight is 178 g/mol. The molecule has 2 aliphatic rings. The van der Waals surface area contributed by atoms with Crippen LogP contribution in [0.2, 0.25) is 0 Å². The molecule has 2 rings (SSSR count). The van der Waals surface area contributed by atoms with Crippen molar-refractivity contribution in [3.05, 3.63) is 11.6 Å². The number of hydrogen-bond donors (Lipinski definition) is 0. The summed E-state index contributed by atoms with van der Waals surface area (Å²) in [7, 11) is 0. The van der Waals surface area contributed by atoms with Crippen LogP contribution in [-0.2, 0) is 4.79 Å². The van der Waals surface area contributed by atoms with Gasteiger partial charge in [0.25, 0.3) is 0 Å². The molecule has 0 N–H and O–H groups in total. The fraction of sp³-hybridized carbons (Fsp3) is 0.750. The van der Waals surface area contributed by atoms with Gasteiger partial charge in [0.1, 0.15) is 5.78 Å². The van der Waals surface area contributed by atoms with Crippen molar-refractivity contribution in [1.29, 1.82) is 0 Å². The van der Waals surface area contributed by atoms with Gasteiger partial charge in [0.2, 0.25) is 0 Å². The molecule has 0 heterocycles. The Morgan fingerprint density at radius 3 is 2.23 bits per heavy atom. The van der Waals surface area contributed by atoms with Crippen LogP contribution in [0.3, 0.4) is 0 Å². The van der Waals surface area contributed by atoms with Crippen molar-refractivity contribution in [2.75, 3.05) is 0 Å². The fourth-order valence-corrected chi connectivity index (χ4v) is 2.47. The largest absolute Gasteiger partial charge is 0.300 e. The molecule has 2 saturated carbocycles. The fourth-order valence-electron chi connectivity index (χ4n) is 2.47. The first kappa shape index (κ1) is 8.98. The van der Waals surface area contributed by atoms with Crippen molar-refractivity contribution in [3.8, 4) is 0 Å². The Morgan fingerprint density at radius 1 is 1.00 bits per heavy atom. The van der Waals surface area contributed by atoms with E-state index in [2.05, 4.69) is 6.08 Å². The van der Waals surface area contributed by atoms with Crippen molar-refractivity contribution >= 4 is 5.78 Å². The molecule has 1 nitrogen and oxygen atoms in total. The quantitative estimate of drug-likeness (QED) is 0.563. The highest BCUT2D eigenvalue weighted by Gasteiger charge is 2.16. The molecule has 72 valence electrons. The second kappa shape index (κ2) is 4.08. The Hall–Kier alpha value is -0.590. The molecule has 0 spiro atoms. The molecule has 0 aromatic heterocycles. The second-order valence-electron chi connectivity index (χ2n) is 4.41. The minimum absolute atomic E-state index is 0.462. The van der Waals surface area contributed by atoms with Gasteiger partial charge < -0.3 is 0 Å². The maximum absolute atomic E-state index is 11.0. The minimum atomic E-state index is 0.462. The Kier molecular flexibility index (Phi) is 2.82. The number of Topliss-reactive ketones (excluding diaryl/α,β-unsaturated/α-hetero) is 1. The first-order valence-electron chi connectivity index (χ1n) is 5.56. The van der Waals surface area contributed by atoms with Crippen LogP contribution in [0.25, 0.3) is 0 Å².